The maximum atomic E-state index is 12.9. The van der Waals surface area contributed by atoms with Gasteiger partial charge in [0.25, 0.3) is 15.9 Å². The second-order valence-corrected chi connectivity index (χ2v) is 8.48. The normalized spacial score (nSPS) is 11.1. The fourth-order valence-corrected chi connectivity index (χ4v) is 3.59. The molecule has 156 valence electrons. The zero-order chi connectivity index (χ0) is 21.6. The number of methoxy groups -OCH3 is 1. The van der Waals surface area contributed by atoms with E-state index in [1.165, 1.54) is 38.3 Å². The SMILES string of the molecule is COc1cc(S(=O)(=O)Nc2ccccc2C(=O)NCC(C)C)ccc1NC(C)=O. The summed E-state index contributed by atoms with van der Waals surface area (Å²) < 4.78 is 33.3. The molecule has 0 aliphatic heterocycles. The van der Waals surface area contributed by atoms with Gasteiger partial charge in [-0.3, -0.25) is 14.3 Å². The minimum absolute atomic E-state index is 0.0687. The number of carbonyl (C=O) groups is 2. The largest absolute Gasteiger partial charge is 0.495 e. The summed E-state index contributed by atoms with van der Waals surface area (Å²) in [5.41, 5.74) is 0.740. The van der Waals surface area contributed by atoms with Crippen molar-refractivity contribution in [2.45, 2.75) is 25.7 Å². The summed E-state index contributed by atoms with van der Waals surface area (Å²) in [5, 5.41) is 5.34. The molecule has 0 heterocycles. The smallest absolute Gasteiger partial charge is 0.262 e. The molecule has 0 spiro atoms. The van der Waals surface area contributed by atoms with E-state index in [1.54, 1.807) is 18.2 Å². The first-order valence-electron chi connectivity index (χ1n) is 8.99. The number of hydrogen-bond donors (Lipinski definition) is 3. The summed E-state index contributed by atoms with van der Waals surface area (Å²) in [5.74, 6) is -0.211. The van der Waals surface area contributed by atoms with Crippen LogP contribution in [0.25, 0.3) is 0 Å². The van der Waals surface area contributed by atoms with Crippen molar-refractivity contribution in [3.8, 4) is 5.75 Å². The summed E-state index contributed by atoms with van der Waals surface area (Å²) >= 11 is 0. The molecular formula is C20H25N3O5S. The van der Waals surface area contributed by atoms with Crippen LogP contribution in [0.1, 0.15) is 31.1 Å². The monoisotopic (exact) mass is 419 g/mol. The van der Waals surface area contributed by atoms with E-state index >= 15 is 0 Å². The third-order valence-corrected chi connectivity index (χ3v) is 5.24. The van der Waals surface area contributed by atoms with Crippen molar-refractivity contribution < 1.29 is 22.7 Å². The standard InChI is InChI=1S/C20H25N3O5S/c1-13(2)12-21-20(25)16-7-5-6-8-17(16)23-29(26,27)15-9-10-18(22-14(3)24)19(11-15)28-4/h5-11,13,23H,12H2,1-4H3,(H,21,25)(H,22,24). The van der Waals surface area contributed by atoms with E-state index in [0.717, 1.165) is 0 Å². The molecule has 0 unspecified atom stereocenters. The number of anilines is 2. The number of rotatable bonds is 8. The Morgan fingerprint density at radius 1 is 1.07 bits per heavy atom. The summed E-state index contributed by atoms with van der Waals surface area (Å²) in [6.07, 6.45) is 0. The van der Waals surface area contributed by atoms with Crippen molar-refractivity contribution in [3.05, 3.63) is 48.0 Å². The van der Waals surface area contributed by atoms with Crippen molar-refractivity contribution in [3.63, 3.8) is 0 Å². The van der Waals surface area contributed by atoms with Crippen LogP contribution in [0, 0.1) is 5.92 Å². The first-order valence-corrected chi connectivity index (χ1v) is 10.5. The summed E-state index contributed by atoms with van der Waals surface area (Å²) in [7, 11) is -2.63. The van der Waals surface area contributed by atoms with E-state index in [2.05, 4.69) is 15.4 Å². The molecule has 8 nitrogen and oxygen atoms in total. The molecule has 2 rings (SSSR count). The summed E-state index contributed by atoms with van der Waals surface area (Å²) in [6, 6.07) is 10.5. The molecule has 29 heavy (non-hydrogen) atoms. The Kier molecular flexibility index (Phi) is 7.22. The molecular weight excluding hydrogens is 394 g/mol. The van der Waals surface area contributed by atoms with Crippen LogP contribution in [-0.4, -0.2) is 33.9 Å². The Morgan fingerprint density at radius 3 is 2.38 bits per heavy atom. The molecule has 2 aromatic carbocycles. The molecule has 0 radical (unpaired) electrons. The minimum Gasteiger partial charge on any atom is -0.495 e. The highest BCUT2D eigenvalue weighted by Crippen LogP contribution is 2.29. The van der Waals surface area contributed by atoms with Gasteiger partial charge in [0.05, 0.1) is 28.9 Å². The van der Waals surface area contributed by atoms with Gasteiger partial charge in [-0.15, -0.1) is 0 Å². The van der Waals surface area contributed by atoms with E-state index in [1.807, 2.05) is 13.8 Å². The zero-order valence-electron chi connectivity index (χ0n) is 16.8. The molecule has 2 amide bonds. The van der Waals surface area contributed by atoms with Crippen LogP contribution in [0.15, 0.2) is 47.4 Å². The lowest BCUT2D eigenvalue weighted by atomic mass is 10.1. The van der Waals surface area contributed by atoms with Crippen LogP contribution in [-0.2, 0) is 14.8 Å². The van der Waals surface area contributed by atoms with Gasteiger partial charge in [-0.05, 0) is 30.2 Å². The third-order valence-electron chi connectivity index (χ3n) is 3.88. The Labute approximate surface area is 170 Å². The highest BCUT2D eigenvalue weighted by Gasteiger charge is 2.20. The van der Waals surface area contributed by atoms with Gasteiger partial charge in [-0.2, -0.15) is 0 Å². The zero-order valence-corrected chi connectivity index (χ0v) is 17.6. The number of para-hydroxylation sites is 1. The van der Waals surface area contributed by atoms with Crippen molar-refractivity contribution in [1.29, 1.82) is 0 Å². The van der Waals surface area contributed by atoms with Gasteiger partial charge in [0.15, 0.2) is 0 Å². The molecule has 0 saturated carbocycles. The molecule has 3 N–H and O–H groups in total. The number of hydrogen-bond acceptors (Lipinski definition) is 5. The molecule has 0 aliphatic rings. The van der Waals surface area contributed by atoms with E-state index in [0.29, 0.717) is 12.2 Å². The van der Waals surface area contributed by atoms with Gasteiger partial charge in [0.2, 0.25) is 5.91 Å². The van der Waals surface area contributed by atoms with Crippen molar-refractivity contribution >= 4 is 33.2 Å². The van der Waals surface area contributed by atoms with E-state index in [-0.39, 0.29) is 39.6 Å². The second kappa shape index (κ2) is 9.42. The van der Waals surface area contributed by atoms with Crippen LogP contribution >= 0.6 is 0 Å². The first kappa shape index (κ1) is 22.2. The van der Waals surface area contributed by atoms with Crippen LogP contribution in [0.5, 0.6) is 5.75 Å². The average Bonchev–Trinajstić information content (AvgIpc) is 2.66. The Morgan fingerprint density at radius 2 is 1.76 bits per heavy atom. The van der Waals surface area contributed by atoms with Gasteiger partial charge >= 0.3 is 0 Å². The quantitative estimate of drug-likeness (QED) is 0.609. The Hall–Kier alpha value is -3.07. The molecule has 2 aromatic rings. The lowest BCUT2D eigenvalue weighted by molar-refractivity contribution is -0.114. The van der Waals surface area contributed by atoms with Crippen molar-refractivity contribution in [2.24, 2.45) is 5.92 Å². The average molecular weight is 420 g/mol. The van der Waals surface area contributed by atoms with Gasteiger partial charge in [-0.1, -0.05) is 26.0 Å². The van der Waals surface area contributed by atoms with E-state index in [4.69, 9.17) is 4.74 Å². The van der Waals surface area contributed by atoms with Crippen LogP contribution < -0.4 is 20.1 Å². The fraction of sp³-hybridized carbons (Fsp3) is 0.300. The molecule has 0 aliphatic carbocycles. The van der Waals surface area contributed by atoms with E-state index < -0.39 is 10.0 Å². The third kappa shape index (κ3) is 5.95. The number of sulfonamides is 1. The number of carbonyl (C=O) groups excluding carboxylic acids is 2. The minimum atomic E-state index is -4.00. The van der Waals surface area contributed by atoms with Crippen LogP contribution in [0.3, 0.4) is 0 Å². The highest BCUT2D eigenvalue weighted by molar-refractivity contribution is 7.92. The fourth-order valence-electron chi connectivity index (χ4n) is 2.50. The molecule has 0 saturated heterocycles. The number of benzene rings is 2. The van der Waals surface area contributed by atoms with E-state index in [9.17, 15) is 18.0 Å². The summed E-state index contributed by atoms with van der Waals surface area (Å²) in [4.78, 5) is 23.6. The van der Waals surface area contributed by atoms with Crippen molar-refractivity contribution in [2.75, 3.05) is 23.7 Å². The highest BCUT2D eigenvalue weighted by atomic mass is 32.2. The summed E-state index contributed by atoms with van der Waals surface area (Å²) in [6.45, 7) is 5.74. The lowest BCUT2D eigenvalue weighted by Gasteiger charge is -2.15. The molecule has 0 aromatic heterocycles. The van der Waals surface area contributed by atoms with Gasteiger partial charge in [0.1, 0.15) is 5.75 Å². The second-order valence-electron chi connectivity index (χ2n) is 6.80. The van der Waals surface area contributed by atoms with Crippen LogP contribution in [0.4, 0.5) is 11.4 Å². The van der Waals surface area contributed by atoms with Gasteiger partial charge in [0, 0.05) is 19.5 Å². The van der Waals surface area contributed by atoms with Gasteiger partial charge < -0.3 is 15.4 Å². The molecule has 0 bridgehead atoms. The maximum Gasteiger partial charge on any atom is 0.262 e. The maximum absolute atomic E-state index is 12.9. The molecule has 9 heteroatoms. The van der Waals surface area contributed by atoms with Gasteiger partial charge in [-0.25, -0.2) is 8.42 Å². The van der Waals surface area contributed by atoms with Crippen LogP contribution in [0.2, 0.25) is 0 Å². The first-order chi connectivity index (χ1) is 13.6. The molecule has 0 atom stereocenters. The number of nitrogens with one attached hydrogen (secondary N) is 3. The number of amides is 2. The Balaban J connectivity index is 2.32. The topological polar surface area (TPSA) is 114 Å². The lowest BCUT2D eigenvalue weighted by Crippen LogP contribution is -2.28. The van der Waals surface area contributed by atoms with Crippen molar-refractivity contribution in [1.82, 2.24) is 5.32 Å². The molecule has 0 fully saturated rings. The Bertz CT molecular complexity index is 1000. The number of ether oxygens (including phenoxy) is 1. The predicted molar refractivity (Wildman–Crippen MR) is 112 cm³/mol. The predicted octanol–water partition coefficient (Wildman–Crippen LogP) is 2.84.